The van der Waals surface area contributed by atoms with E-state index in [2.05, 4.69) is 5.32 Å². The Labute approximate surface area is 136 Å². The van der Waals surface area contributed by atoms with Crippen LogP contribution in [0.25, 0.3) is 0 Å². The minimum atomic E-state index is -4.44. The van der Waals surface area contributed by atoms with Crippen LogP contribution in [0.15, 0.2) is 24.3 Å². The number of ether oxygens (including phenoxy) is 1. The number of carboxylic acid groups (broad SMARTS) is 1. The van der Waals surface area contributed by atoms with Crippen molar-refractivity contribution < 1.29 is 32.6 Å². The van der Waals surface area contributed by atoms with Gasteiger partial charge in [-0.2, -0.15) is 13.2 Å². The second-order valence-corrected chi connectivity index (χ2v) is 5.38. The molecule has 9 heteroatoms. The normalized spacial score (nSPS) is 17.6. The lowest BCUT2D eigenvalue weighted by atomic mass is 10.1. The third kappa shape index (κ3) is 4.77. The zero-order valence-corrected chi connectivity index (χ0v) is 12.7. The molecule has 0 bridgehead atoms. The Hall–Kier alpha value is -2.45. The summed E-state index contributed by atoms with van der Waals surface area (Å²) in [5, 5.41) is 11.4. The van der Waals surface area contributed by atoms with Crippen molar-refractivity contribution in [2.24, 2.45) is 5.92 Å². The fraction of sp³-hybridized carbons (Fsp3) is 0.467. The molecule has 2 rings (SSSR count). The SMILES string of the molecule is O=C(O)C1CCN(C(=O)NCCOc2cccc(C(F)(F)F)c2)C1. The number of hydrogen-bond acceptors (Lipinski definition) is 3. The van der Waals surface area contributed by atoms with Crippen molar-refractivity contribution in [2.45, 2.75) is 12.6 Å². The Morgan fingerprint density at radius 1 is 1.38 bits per heavy atom. The number of benzene rings is 1. The number of rotatable bonds is 5. The van der Waals surface area contributed by atoms with Gasteiger partial charge in [0.05, 0.1) is 18.0 Å². The van der Waals surface area contributed by atoms with Gasteiger partial charge in [-0.05, 0) is 24.6 Å². The van der Waals surface area contributed by atoms with Gasteiger partial charge < -0.3 is 20.1 Å². The molecular formula is C15H17F3N2O4. The highest BCUT2D eigenvalue weighted by atomic mass is 19.4. The second kappa shape index (κ2) is 7.41. The number of hydrogen-bond donors (Lipinski definition) is 2. The summed E-state index contributed by atoms with van der Waals surface area (Å²) in [4.78, 5) is 24.0. The molecule has 1 atom stereocenters. The molecule has 2 N–H and O–H groups in total. The van der Waals surface area contributed by atoms with E-state index >= 15 is 0 Å². The van der Waals surface area contributed by atoms with E-state index in [0.717, 1.165) is 12.1 Å². The third-order valence-electron chi connectivity index (χ3n) is 3.63. The Kier molecular flexibility index (Phi) is 5.53. The molecule has 1 aliphatic rings. The molecule has 1 aliphatic heterocycles. The van der Waals surface area contributed by atoms with Gasteiger partial charge in [0.25, 0.3) is 0 Å². The number of likely N-dealkylation sites (tertiary alicyclic amines) is 1. The van der Waals surface area contributed by atoms with Gasteiger partial charge in [-0.1, -0.05) is 6.07 Å². The van der Waals surface area contributed by atoms with Crippen LogP contribution in [0.2, 0.25) is 0 Å². The van der Waals surface area contributed by atoms with Crippen molar-refractivity contribution in [2.75, 3.05) is 26.2 Å². The van der Waals surface area contributed by atoms with Gasteiger partial charge in [0, 0.05) is 13.1 Å². The third-order valence-corrected chi connectivity index (χ3v) is 3.63. The van der Waals surface area contributed by atoms with Gasteiger partial charge in [0.15, 0.2) is 0 Å². The zero-order chi connectivity index (χ0) is 17.7. The van der Waals surface area contributed by atoms with Crippen molar-refractivity contribution in [3.8, 4) is 5.75 Å². The molecular weight excluding hydrogens is 329 g/mol. The predicted molar refractivity (Wildman–Crippen MR) is 77.7 cm³/mol. The number of carbonyl (C=O) groups is 2. The first-order valence-corrected chi connectivity index (χ1v) is 7.33. The highest BCUT2D eigenvalue weighted by Crippen LogP contribution is 2.31. The molecule has 0 radical (unpaired) electrons. The van der Waals surface area contributed by atoms with Crippen molar-refractivity contribution in [3.05, 3.63) is 29.8 Å². The van der Waals surface area contributed by atoms with Crippen LogP contribution in [-0.2, 0) is 11.0 Å². The molecule has 0 aliphatic carbocycles. The number of carbonyl (C=O) groups excluding carboxylic acids is 1. The molecule has 1 aromatic rings. The van der Waals surface area contributed by atoms with E-state index in [1.807, 2.05) is 0 Å². The number of carboxylic acids is 1. The first-order chi connectivity index (χ1) is 11.3. The monoisotopic (exact) mass is 346 g/mol. The largest absolute Gasteiger partial charge is 0.492 e. The van der Waals surface area contributed by atoms with E-state index in [9.17, 15) is 22.8 Å². The molecule has 0 saturated carbocycles. The summed E-state index contributed by atoms with van der Waals surface area (Å²) in [6.45, 7) is 0.611. The summed E-state index contributed by atoms with van der Waals surface area (Å²) < 4.78 is 42.9. The molecule has 6 nitrogen and oxygen atoms in total. The summed E-state index contributed by atoms with van der Waals surface area (Å²) in [6, 6.07) is 4.06. The lowest BCUT2D eigenvalue weighted by Crippen LogP contribution is -2.40. The summed E-state index contributed by atoms with van der Waals surface area (Å²) in [5.74, 6) is -1.43. The molecule has 1 saturated heterocycles. The molecule has 132 valence electrons. The maximum atomic E-state index is 12.6. The molecule has 1 fully saturated rings. The fourth-order valence-electron chi connectivity index (χ4n) is 2.35. The van der Waals surface area contributed by atoms with Gasteiger partial charge in [-0.25, -0.2) is 4.79 Å². The van der Waals surface area contributed by atoms with E-state index < -0.39 is 29.7 Å². The molecule has 1 unspecified atom stereocenters. The van der Waals surface area contributed by atoms with Crippen LogP contribution in [-0.4, -0.2) is 48.2 Å². The van der Waals surface area contributed by atoms with Crippen LogP contribution in [0.4, 0.5) is 18.0 Å². The molecule has 24 heavy (non-hydrogen) atoms. The first-order valence-electron chi connectivity index (χ1n) is 7.33. The number of nitrogens with one attached hydrogen (secondary N) is 1. The van der Waals surface area contributed by atoms with Gasteiger partial charge in [-0.15, -0.1) is 0 Å². The van der Waals surface area contributed by atoms with Crippen molar-refractivity contribution in [1.82, 2.24) is 10.2 Å². The maximum Gasteiger partial charge on any atom is 0.416 e. The van der Waals surface area contributed by atoms with Crippen molar-refractivity contribution in [1.29, 1.82) is 0 Å². The molecule has 0 spiro atoms. The molecule has 1 aromatic carbocycles. The lowest BCUT2D eigenvalue weighted by molar-refractivity contribution is -0.141. The summed E-state index contributed by atoms with van der Waals surface area (Å²) in [6.07, 6.45) is -4.03. The van der Waals surface area contributed by atoms with Crippen molar-refractivity contribution in [3.63, 3.8) is 0 Å². The summed E-state index contributed by atoms with van der Waals surface area (Å²) in [5.41, 5.74) is -0.805. The minimum absolute atomic E-state index is 0.00322. The lowest BCUT2D eigenvalue weighted by Gasteiger charge is -2.17. The van der Waals surface area contributed by atoms with Crippen LogP contribution >= 0.6 is 0 Å². The average molecular weight is 346 g/mol. The van der Waals surface area contributed by atoms with Crippen LogP contribution in [0.3, 0.4) is 0 Å². The number of amides is 2. The first kappa shape index (κ1) is 17.9. The topological polar surface area (TPSA) is 78.9 Å². The number of halogens is 3. The number of alkyl halides is 3. The van der Waals surface area contributed by atoms with Gasteiger partial charge in [-0.3, -0.25) is 4.79 Å². The van der Waals surface area contributed by atoms with E-state index in [1.165, 1.54) is 17.0 Å². The van der Waals surface area contributed by atoms with E-state index in [-0.39, 0.29) is 25.4 Å². The smallest absolute Gasteiger partial charge is 0.416 e. The van der Waals surface area contributed by atoms with Gasteiger partial charge >= 0.3 is 18.2 Å². The molecule has 1 heterocycles. The quantitative estimate of drug-likeness (QED) is 0.801. The van der Waals surface area contributed by atoms with E-state index in [1.54, 1.807) is 0 Å². The van der Waals surface area contributed by atoms with Gasteiger partial charge in [0.1, 0.15) is 12.4 Å². The highest BCUT2D eigenvalue weighted by molar-refractivity contribution is 5.77. The van der Waals surface area contributed by atoms with E-state index in [4.69, 9.17) is 9.84 Å². The van der Waals surface area contributed by atoms with E-state index in [0.29, 0.717) is 13.0 Å². The highest BCUT2D eigenvalue weighted by Gasteiger charge is 2.31. The molecule has 0 aromatic heterocycles. The Morgan fingerprint density at radius 3 is 2.75 bits per heavy atom. The predicted octanol–water partition coefficient (Wildman–Crippen LogP) is 2.20. The Morgan fingerprint density at radius 2 is 2.12 bits per heavy atom. The summed E-state index contributed by atoms with van der Waals surface area (Å²) in [7, 11) is 0. The Balaban J connectivity index is 1.73. The zero-order valence-electron chi connectivity index (χ0n) is 12.7. The number of nitrogens with zero attached hydrogens (tertiary/aromatic N) is 1. The number of urea groups is 1. The van der Waals surface area contributed by atoms with Crippen LogP contribution < -0.4 is 10.1 Å². The van der Waals surface area contributed by atoms with Crippen LogP contribution in [0.5, 0.6) is 5.75 Å². The standard InChI is InChI=1S/C15H17F3N2O4/c16-15(17,18)11-2-1-3-12(8-11)24-7-5-19-14(23)20-6-4-10(9-20)13(21)22/h1-3,8,10H,4-7,9H2,(H,19,23)(H,21,22). The second-order valence-electron chi connectivity index (χ2n) is 5.38. The van der Waals surface area contributed by atoms with Crippen molar-refractivity contribution >= 4 is 12.0 Å². The van der Waals surface area contributed by atoms with Gasteiger partial charge in [0.2, 0.25) is 0 Å². The maximum absolute atomic E-state index is 12.6. The average Bonchev–Trinajstić information content (AvgIpc) is 3.01. The van der Waals surface area contributed by atoms with Crippen LogP contribution in [0.1, 0.15) is 12.0 Å². The number of aliphatic carboxylic acids is 1. The Bertz CT molecular complexity index is 607. The summed E-state index contributed by atoms with van der Waals surface area (Å²) >= 11 is 0. The minimum Gasteiger partial charge on any atom is -0.492 e. The van der Waals surface area contributed by atoms with Crippen LogP contribution in [0, 0.1) is 5.92 Å². The molecule has 2 amide bonds. The fourth-order valence-corrected chi connectivity index (χ4v) is 2.35.